The molecule has 5 nitrogen and oxygen atoms in total. The van der Waals surface area contributed by atoms with Gasteiger partial charge in [-0.25, -0.2) is 4.39 Å². The molecule has 1 saturated heterocycles. The fourth-order valence-corrected chi connectivity index (χ4v) is 2.03. The van der Waals surface area contributed by atoms with Crippen molar-refractivity contribution in [3.63, 3.8) is 0 Å². The summed E-state index contributed by atoms with van der Waals surface area (Å²) in [6.07, 6.45) is 0.911. The Morgan fingerprint density at radius 3 is 2.88 bits per heavy atom. The van der Waals surface area contributed by atoms with E-state index in [1.165, 1.54) is 12.1 Å². The Kier molecular flexibility index (Phi) is 3.35. The van der Waals surface area contributed by atoms with Gasteiger partial charge in [0.1, 0.15) is 5.82 Å². The molecule has 0 aliphatic carbocycles. The number of nitrogens with zero attached hydrogens (tertiary/aromatic N) is 2. The third-order valence-corrected chi connectivity index (χ3v) is 2.95. The highest BCUT2D eigenvalue weighted by atomic mass is 19.1. The third kappa shape index (κ3) is 2.78. The van der Waals surface area contributed by atoms with Crippen LogP contribution in [-0.2, 0) is 6.54 Å². The molecule has 92 valence electrons. The van der Waals surface area contributed by atoms with Crippen LogP contribution < -0.4 is 5.73 Å². The Morgan fingerprint density at radius 2 is 2.35 bits per heavy atom. The minimum Gasteiger partial charge on any atom is -0.326 e. The molecule has 0 saturated carbocycles. The Morgan fingerprint density at radius 1 is 1.59 bits per heavy atom. The molecule has 0 amide bonds. The molecule has 0 bridgehead atoms. The van der Waals surface area contributed by atoms with E-state index >= 15 is 0 Å². The van der Waals surface area contributed by atoms with Crippen LogP contribution in [0.3, 0.4) is 0 Å². The summed E-state index contributed by atoms with van der Waals surface area (Å²) in [6, 6.07) is 3.91. The summed E-state index contributed by atoms with van der Waals surface area (Å²) in [6.45, 7) is 2.05. The summed E-state index contributed by atoms with van der Waals surface area (Å²) >= 11 is 0. The Hall–Kier alpha value is -1.53. The number of halogens is 1. The van der Waals surface area contributed by atoms with Gasteiger partial charge in [0.25, 0.3) is 5.69 Å². The molecule has 0 spiro atoms. The van der Waals surface area contributed by atoms with Crippen molar-refractivity contribution in [2.45, 2.75) is 19.0 Å². The summed E-state index contributed by atoms with van der Waals surface area (Å²) in [5.41, 5.74) is 6.01. The van der Waals surface area contributed by atoms with E-state index < -0.39 is 10.7 Å². The lowest BCUT2D eigenvalue weighted by Crippen LogP contribution is -2.26. The van der Waals surface area contributed by atoms with Gasteiger partial charge in [-0.05, 0) is 12.5 Å². The minimum atomic E-state index is -0.599. The average Bonchev–Trinajstić information content (AvgIpc) is 2.67. The number of non-ortho nitro benzene ring substituents is 1. The maximum absolute atomic E-state index is 13.6. The predicted octanol–water partition coefficient (Wildman–Crippen LogP) is 1.27. The largest absolute Gasteiger partial charge is 0.326 e. The average molecular weight is 239 g/mol. The SMILES string of the molecule is N[C@@H]1CCN(Cc2ccc([N+](=O)[O-])cc2F)C1. The highest BCUT2D eigenvalue weighted by Crippen LogP contribution is 2.19. The first-order valence-corrected chi connectivity index (χ1v) is 5.47. The Labute approximate surface area is 98.2 Å². The van der Waals surface area contributed by atoms with Gasteiger partial charge in [-0.2, -0.15) is 0 Å². The van der Waals surface area contributed by atoms with Crippen molar-refractivity contribution in [2.24, 2.45) is 5.73 Å². The van der Waals surface area contributed by atoms with Crippen LogP contribution in [0.1, 0.15) is 12.0 Å². The molecule has 1 fully saturated rings. The second kappa shape index (κ2) is 4.77. The zero-order valence-corrected chi connectivity index (χ0v) is 9.30. The molecule has 2 N–H and O–H groups in total. The van der Waals surface area contributed by atoms with Crippen molar-refractivity contribution < 1.29 is 9.31 Å². The normalized spacial score (nSPS) is 20.7. The van der Waals surface area contributed by atoms with Crippen molar-refractivity contribution in [3.8, 4) is 0 Å². The molecule has 2 rings (SSSR count). The van der Waals surface area contributed by atoms with E-state index in [1.54, 1.807) is 0 Å². The standard InChI is InChI=1S/C11H14FN3O2/c12-11-5-10(15(16)17)2-1-8(11)6-14-4-3-9(13)7-14/h1-2,5,9H,3-4,6-7,13H2/t9-/m1/s1. The Balaban J connectivity index is 2.09. The number of rotatable bonds is 3. The van der Waals surface area contributed by atoms with E-state index in [0.29, 0.717) is 12.1 Å². The van der Waals surface area contributed by atoms with E-state index in [-0.39, 0.29) is 11.7 Å². The van der Waals surface area contributed by atoms with Gasteiger partial charge in [-0.15, -0.1) is 0 Å². The number of likely N-dealkylation sites (tertiary alicyclic amines) is 1. The zero-order valence-electron chi connectivity index (χ0n) is 9.30. The van der Waals surface area contributed by atoms with Crippen LogP contribution in [0, 0.1) is 15.9 Å². The van der Waals surface area contributed by atoms with Crippen LogP contribution in [0.5, 0.6) is 0 Å². The molecule has 1 aliphatic rings. The van der Waals surface area contributed by atoms with Gasteiger partial charge >= 0.3 is 0 Å². The van der Waals surface area contributed by atoms with Crippen LogP contribution in [0.4, 0.5) is 10.1 Å². The van der Waals surface area contributed by atoms with Crippen molar-refractivity contribution in [3.05, 3.63) is 39.7 Å². The number of hydrogen-bond acceptors (Lipinski definition) is 4. The van der Waals surface area contributed by atoms with Gasteiger partial charge in [-0.3, -0.25) is 15.0 Å². The summed E-state index contributed by atoms with van der Waals surface area (Å²) in [4.78, 5) is 11.9. The lowest BCUT2D eigenvalue weighted by molar-refractivity contribution is -0.385. The predicted molar refractivity (Wildman–Crippen MR) is 60.9 cm³/mol. The van der Waals surface area contributed by atoms with E-state index in [0.717, 1.165) is 25.6 Å². The third-order valence-electron chi connectivity index (χ3n) is 2.95. The number of benzene rings is 1. The quantitative estimate of drug-likeness (QED) is 0.636. The van der Waals surface area contributed by atoms with Crippen molar-refractivity contribution in [2.75, 3.05) is 13.1 Å². The molecule has 17 heavy (non-hydrogen) atoms. The van der Waals surface area contributed by atoms with Crippen LogP contribution in [-0.4, -0.2) is 29.0 Å². The summed E-state index contributed by atoms with van der Waals surface area (Å²) in [5, 5.41) is 10.5. The second-order valence-electron chi connectivity index (χ2n) is 4.32. The number of hydrogen-bond donors (Lipinski definition) is 1. The van der Waals surface area contributed by atoms with Crippen molar-refractivity contribution in [1.82, 2.24) is 4.90 Å². The fourth-order valence-electron chi connectivity index (χ4n) is 2.03. The van der Waals surface area contributed by atoms with Crippen LogP contribution in [0.15, 0.2) is 18.2 Å². The minimum absolute atomic E-state index is 0.149. The van der Waals surface area contributed by atoms with Gasteiger partial charge < -0.3 is 5.73 Å². The lowest BCUT2D eigenvalue weighted by Gasteiger charge is -2.15. The number of nitrogens with two attached hydrogens (primary N) is 1. The van der Waals surface area contributed by atoms with E-state index in [9.17, 15) is 14.5 Å². The summed E-state index contributed by atoms with van der Waals surface area (Å²) < 4.78 is 13.6. The van der Waals surface area contributed by atoms with Gasteiger partial charge in [-0.1, -0.05) is 0 Å². The smallest absolute Gasteiger partial charge is 0.272 e. The lowest BCUT2D eigenvalue weighted by atomic mass is 10.2. The molecule has 1 aromatic carbocycles. The first-order chi connectivity index (χ1) is 8.06. The topological polar surface area (TPSA) is 72.4 Å². The molecule has 6 heteroatoms. The van der Waals surface area contributed by atoms with Gasteiger partial charge in [0, 0.05) is 37.3 Å². The number of nitro benzene ring substituents is 1. The maximum atomic E-state index is 13.6. The first-order valence-electron chi connectivity index (χ1n) is 5.47. The molecular weight excluding hydrogens is 225 g/mol. The molecule has 1 atom stereocenters. The summed E-state index contributed by atoms with van der Waals surface area (Å²) in [7, 11) is 0. The van der Waals surface area contributed by atoms with Crippen LogP contribution in [0.25, 0.3) is 0 Å². The van der Waals surface area contributed by atoms with E-state index in [1.807, 2.05) is 0 Å². The summed E-state index contributed by atoms with van der Waals surface area (Å²) in [5.74, 6) is -0.528. The molecule has 0 aromatic heterocycles. The second-order valence-corrected chi connectivity index (χ2v) is 4.32. The molecule has 0 unspecified atom stereocenters. The maximum Gasteiger partial charge on any atom is 0.272 e. The van der Waals surface area contributed by atoms with Gasteiger partial charge in [0.15, 0.2) is 0 Å². The van der Waals surface area contributed by atoms with Crippen LogP contribution >= 0.6 is 0 Å². The zero-order chi connectivity index (χ0) is 12.4. The van der Waals surface area contributed by atoms with E-state index in [4.69, 9.17) is 5.73 Å². The van der Waals surface area contributed by atoms with Gasteiger partial charge in [0.2, 0.25) is 0 Å². The van der Waals surface area contributed by atoms with E-state index in [2.05, 4.69) is 4.90 Å². The molecule has 1 aromatic rings. The highest BCUT2D eigenvalue weighted by molar-refractivity contribution is 5.34. The van der Waals surface area contributed by atoms with Crippen molar-refractivity contribution in [1.29, 1.82) is 0 Å². The molecule has 0 radical (unpaired) electrons. The fraction of sp³-hybridized carbons (Fsp3) is 0.455. The highest BCUT2D eigenvalue weighted by Gasteiger charge is 2.20. The molecule has 1 aliphatic heterocycles. The van der Waals surface area contributed by atoms with Crippen LogP contribution in [0.2, 0.25) is 0 Å². The monoisotopic (exact) mass is 239 g/mol. The van der Waals surface area contributed by atoms with Gasteiger partial charge in [0.05, 0.1) is 11.0 Å². The number of nitro groups is 1. The molecule has 1 heterocycles. The first kappa shape index (κ1) is 11.9. The van der Waals surface area contributed by atoms with Crippen molar-refractivity contribution >= 4 is 5.69 Å². The molecular formula is C11H14FN3O2. The Bertz CT molecular complexity index is 439.